The van der Waals surface area contributed by atoms with Crippen LogP contribution < -0.4 is 4.18 Å². The zero-order valence-electron chi connectivity index (χ0n) is 15.0. The van der Waals surface area contributed by atoms with Gasteiger partial charge < -0.3 is 8.60 Å². The summed E-state index contributed by atoms with van der Waals surface area (Å²) in [5, 5.41) is 0.626. The zero-order valence-corrected chi connectivity index (χ0v) is 18.0. The van der Waals surface area contributed by atoms with Crippen LogP contribution in [-0.2, 0) is 10.1 Å². The van der Waals surface area contributed by atoms with E-state index in [1.807, 2.05) is 60.7 Å². The van der Waals surface area contributed by atoms with Crippen LogP contribution in [0.1, 0.15) is 0 Å². The van der Waals surface area contributed by atoms with E-state index in [0.29, 0.717) is 11.1 Å². The molecule has 9 heteroatoms. The van der Waals surface area contributed by atoms with E-state index in [4.69, 9.17) is 4.42 Å². The lowest BCUT2D eigenvalue weighted by Gasteiger charge is -2.10. The Labute approximate surface area is 183 Å². The van der Waals surface area contributed by atoms with Gasteiger partial charge >= 0.3 is 15.6 Å². The minimum atomic E-state index is -5.80. The van der Waals surface area contributed by atoms with Gasteiger partial charge in [0.05, 0.1) is 0 Å². The molecule has 4 nitrogen and oxygen atoms in total. The molecule has 0 bridgehead atoms. The highest BCUT2D eigenvalue weighted by Crippen LogP contribution is 2.44. The summed E-state index contributed by atoms with van der Waals surface area (Å²) in [5.41, 5.74) is -2.92. The fourth-order valence-corrected chi connectivity index (χ4v) is 4.33. The molecule has 4 rings (SSSR count). The van der Waals surface area contributed by atoms with Crippen molar-refractivity contribution in [3.63, 3.8) is 0 Å². The van der Waals surface area contributed by atoms with Crippen molar-refractivity contribution in [2.24, 2.45) is 0 Å². The number of rotatable bonds is 4. The molecule has 0 aliphatic rings. The molecule has 0 atom stereocenters. The molecule has 0 spiro atoms. The first-order chi connectivity index (χ1) is 14.2. The van der Waals surface area contributed by atoms with Gasteiger partial charge in [0.15, 0.2) is 11.3 Å². The average Bonchev–Trinajstić information content (AvgIpc) is 3.11. The maximum atomic E-state index is 12.7. The van der Waals surface area contributed by atoms with E-state index < -0.39 is 21.4 Å². The number of benzene rings is 3. The van der Waals surface area contributed by atoms with Crippen molar-refractivity contribution in [3.05, 3.63) is 76.4 Å². The third kappa shape index (κ3) is 3.67. The Kier molecular flexibility index (Phi) is 5.27. The predicted octanol–water partition coefficient (Wildman–Crippen LogP) is 6.60. The summed E-state index contributed by atoms with van der Waals surface area (Å²) in [4.78, 5) is 0. The Morgan fingerprint density at radius 3 is 1.97 bits per heavy atom. The molecule has 0 aliphatic heterocycles. The first kappa shape index (κ1) is 20.7. The molecule has 4 aromatic rings. The third-order valence-corrected chi connectivity index (χ3v) is 6.33. The molecule has 0 unspecified atom stereocenters. The van der Waals surface area contributed by atoms with Gasteiger partial charge in [0.2, 0.25) is 0 Å². The van der Waals surface area contributed by atoms with Crippen molar-refractivity contribution < 1.29 is 30.2 Å². The van der Waals surface area contributed by atoms with Gasteiger partial charge in [0, 0.05) is 16.5 Å². The summed E-state index contributed by atoms with van der Waals surface area (Å²) in [6.45, 7) is 0. The Morgan fingerprint density at radius 1 is 0.833 bits per heavy atom. The smallest absolute Gasteiger partial charge is 0.454 e. The van der Waals surface area contributed by atoms with E-state index in [-0.39, 0.29) is 9.15 Å². The SMILES string of the molecule is O=S(=O)(Oc1ccc2c(-c3ccccc3)c(-c3ccccc3)oc2c1I)C(F)(F)F. The summed E-state index contributed by atoms with van der Waals surface area (Å²) in [6, 6.07) is 21.3. The van der Waals surface area contributed by atoms with Crippen LogP contribution in [0.25, 0.3) is 33.4 Å². The van der Waals surface area contributed by atoms with Crippen LogP contribution in [-0.4, -0.2) is 13.9 Å². The second-order valence-electron chi connectivity index (χ2n) is 6.28. The van der Waals surface area contributed by atoms with Crippen molar-refractivity contribution in [3.8, 4) is 28.2 Å². The van der Waals surface area contributed by atoms with Crippen molar-refractivity contribution in [1.82, 2.24) is 0 Å². The van der Waals surface area contributed by atoms with Crippen LogP contribution in [0.4, 0.5) is 13.2 Å². The second kappa shape index (κ2) is 7.62. The number of alkyl halides is 3. The fraction of sp³-hybridized carbons (Fsp3) is 0.0476. The van der Waals surface area contributed by atoms with Gasteiger partial charge in [0.25, 0.3) is 0 Å². The van der Waals surface area contributed by atoms with Crippen molar-refractivity contribution >= 4 is 43.7 Å². The standard InChI is InChI=1S/C21H12F3IO4S/c22-21(23,24)30(26,27)29-16-12-11-15-17(13-7-3-1-4-8-13)19(28-20(15)18(16)25)14-9-5-2-6-10-14/h1-12H. The van der Waals surface area contributed by atoms with Gasteiger partial charge in [-0.05, 0) is 40.3 Å². The van der Waals surface area contributed by atoms with Crippen molar-refractivity contribution in [2.75, 3.05) is 0 Å². The Bertz CT molecular complexity index is 1320. The molecule has 1 heterocycles. The first-order valence-corrected chi connectivity index (χ1v) is 11.0. The van der Waals surface area contributed by atoms with Gasteiger partial charge in [0.1, 0.15) is 9.33 Å². The number of hydrogen-bond acceptors (Lipinski definition) is 4. The van der Waals surface area contributed by atoms with Gasteiger partial charge in [-0.2, -0.15) is 21.6 Å². The molecule has 0 N–H and O–H groups in total. The highest BCUT2D eigenvalue weighted by atomic mass is 127. The maximum Gasteiger partial charge on any atom is 0.534 e. The van der Waals surface area contributed by atoms with Crippen LogP contribution in [0.3, 0.4) is 0 Å². The highest BCUT2D eigenvalue weighted by Gasteiger charge is 2.49. The normalized spacial score (nSPS) is 12.3. The van der Waals surface area contributed by atoms with E-state index in [1.54, 1.807) is 22.6 Å². The summed E-state index contributed by atoms with van der Waals surface area (Å²) >= 11 is 1.73. The molecule has 0 saturated heterocycles. The predicted molar refractivity (Wildman–Crippen MR) is 115 cm³/mol. The van der Waals surface area contributed by atoms with Gasteiger partial charge in [-0.1, -0.05) is 60.7 Å². The van der Waals surface area contributed by atoms with Crippen LogP contribution in [0.15, 0.2) is 77.2 Å². The number of halogens is 4. The molecule has 0 aliphatic carbocycles. The minimum Gasteiger partial charge on any atom is -0.454 e. The second-order valence-corrected chi connectivity index (χ2v) is 8.89. The molecular weight excluding hydrogens is 532 g/mol. The Hall–Kier alpha value is -2.53. The van der Waals surface area contributed by atoms with Crippen LogP contribution in [0, 0.1) is 3.57 Å². The molecule has 30 heavy (non-hydrogen) atoms. The third-order valence-electron chi connectivity index (χ3n) is 4.34. The number of fused-ring (bicyclic) bond motifs is 1. The lowest BCUT2D eigenvalue weighted by Crippen LogP contribution is -2.28. The van der Waals surface area contributed by atoms with E-state index >= 15 is 0 Å². The quantitative estimate of drug-likeness (QED) is 0.165. The molecule has 3 aromatic carbocycles. The monoisotopic (exact) mass is 544 g/mol. The van der Waals surface area contributed by atoms with Gasteiger partial charge in [-0.15, -0.1) is 0 Å². The first-order valence-electron chi connectivity index (χ1n) is 8.55. The topological polar surface area (TPSA) is 56.5 Å². The Balaban J connectivity index is 1.96. The number of hydrogen-bond donors (Lipinski definition) is 0. The van der Waals surface area contributed by atoms with E-state index in [9.17, 15) is 21.6 Å². The summed E-state index contributed by atoms with van der Waals surface area (Å²) < 4.78 is 71.6. The summed E-state index contributed by atoms with van der Waals surface area (Å²) in [7, 11) is -5.80. The largest absolute Gasteiger partial charge is 0.534 e. The molecule has 154 valence electrons. The van der Waals surface area contributed by atoms with E-state index in [2.05, 4.69) is 4.18 Å². The molecule has 0 radical (unpaired) electrons. The van der Waals surface area contributed by atoms with Crippen LogP contribution >= 0.6 is 22.6 Å². The highest BCUT2D eigenvalue weighted by molar-refractivity contribution is 14.1. The lowest BCUT2D eigenvalue weighted by atomic mass is 9.99. The molecule has 1 aromatic heterocycles. The fourth-order valence-electron chi connectivity index (χ4n) is 3.02. The Morgan fingerprint density at radius 2 is 1.40 bits per heavy atom. The molecule has 0 amide bonds. The summed E-state index contributed by atoms with van der Waals surface area (Å²) in [5.74, 6) is 0.0685. The number of furan rings is 1. The van der Waals surface area contributed by atoms with Crippen LogP contribution in [0.2, 0.25) is 0 Å². The molecule has 0 saturated carbocycles. The van der Waals surface area contributed by atoms with Gasteiger partial charge in [-0.25, -0.2) is 0 Å². The molecular formula is C21H12F3IO4S. The van der Waals surface area contributed by atoms with Crippen molar-refractivity contribution in [2.45, 2.75) is 5.51 Å². The van der Waals surface area contributed by atoms with Crippen LogP contribution in [0.5, 0.6) is 5.75 Å². The van der Waals surface area contributed by atoms with E-state index in [1.165, 1.54) is 12.1 Å². The maximum absolute atomic E-state index is 12.7. The van der Waals surface area contributed by atoms with E-state index in [0.717, 1.165) is 16.7 Å². The summed E-state index contributed by atoms with van der Waals surface area (Å²) in [6.07, 6.45) is 0. The lowest BCUT2D eigenvalue weighted by molar-refractivity contribution is -0.0500. The van der Waals surface area contributed by atoms with Crippen molar-refractivity contribution in [1.29, 1.82) is 0 Å². The average molecular weight is 544 g/mol. The van der Waals surface area contributed by atoms with Gasteiger partial charge in [-0.3, -0.25) is 0 Å². The minimum absolute atomic E-state index is 0.122. The zero-order chi connectivity index (χ0) is 21.5. The molecule has 0 fully saturated rings.